The van der Waals surface area contributed by atoms with Gasteiger partial charge in [0, 0.05) is 38.4 Å². The summed E-state index contributed by atoms with van der Waals surface area (Å²) in [5.74, 6) is -0.113. The van der Waals surface area contributed by atoms with E-state index in [0.717, 1.165) is 19.3 Å². The van der Waals surface area contributed by atoms with Crippen LogP contribution in [0.3, 0.4) is 0 Å². The number of anilines is 1. The van der Waals surface area contributed by atoms with Gasteiger partial charge in [-0.05, 0) is 31.0 Å². The van der Waals surface area contributed by atoms with Crippen LogP contribution in [0.5, 0.6) is 0 Å². The van der Waals surface area contributed by atoms with E-state index in [9.17, 15) is 13.2 Å². The van der Waals surface area contributed by atoms with Gasteiger partial charge in [-0.3, -0.25) is 4.79 Å². The van der Waals surface area contributed by atoms with Gasteiger partial charge in [0.2, 0.25) is 15.9 Å². The summed E-state index contributed by atoms with van der Waals surface area (Å²) < 4.78 is 24.8. The van der Waals surface area contributed by atoms with Crippen molar-refractivity contribution in [1.29, 1.82) is 0 Å². The fourth-order valence-electron chi connectivity index (χ4n) is 2.90. The molecule has 0 bridgehead atoms. The second kappa shape index (κ2) is 7.98. The molecular weight excluding hydrogens is 326 g/mol. The van der Waals surface area contributed by atoms with Gasteiger partial charge in [-0.1, -0.05) is 19.1 Å². The molecule has 0 saturated carbocycles. The van der Waals surface area contributed by atoms with Crippen molar-refractivity contribution >= 4 is 21.6 Å². The molecule has 0 unspecified atom stereocenters. The largest absolute Gasteiger partial charge is 0.368 e. The normalized spacial score (nSPS) is 15.8. The van der Waals surface area contributed by atoms with Crippen LogP contribution in [0.25, 0.3) is 0 Å². The lowest BCUT2D eigenvalue weighted by Gasteiger charge is -2.37. The van der Waals surface area contributed by atoms with Gasteiger partial charge >= 0.3 is 0 Å². The summed E-state index contributed by atoms with van der Waals surface area (Å²) in [4.78, 5) is 16.5. The second-order valence-corrected chi connectivity index (χ2v) is 8.29. The Bertz CT molecular complexity index is 667. The van der Waals surface area contributed by atoms with Gasteiger partial charge in [-0.25, -0.2) is 8.42 Å². The predicted octanol–water partition coefficient (Wildman–Crippen LogP) is 1.32. The molecule has 7 heteroatoms. The molecule has 24 heavy (non-hydrogen) atoms. The summed E-state index contributed by atoms with van der Waals surface area (Å²) in [6.45, 7) is 7.07. The third-order valence-electron chi connectivity index (χ3n) is 4.25. The molecular formula is C17H27N3O3S. The number of hydrogen-bond donors (Lipinski definition) is 0. The fourth-order valence-corrected chi connectivity index (χ4v) is 3.76. The minimum absolute atomic E-state index is 0.0584. The van der Waals surface area contributed by atoms with Crippen LogP contribution in [0.4, 0.5) is 5.69 Å². The van der Waals surface area contributed by atoms with Crippen molar-refractivity contribution in [2.24, 2.45) is 0 Å². The number of piperazine rings is 1. The molecule has 0 N–H and O–H groups in total. The molecule has 2 rings (SSSR count). The summed E-state index contributed by atoms with van der Waals surface area (Å²) in [6.07, 6.45) is 1.85. The van der Waals surface area contributed by atoms with Crippen molar-refractivity contribution in [2.45, 2.75) is 20.3 Å². The summed E-state index contributed by atoms with van der Waals surface area (Å²) in [5.41, 5.74) is 2.39. The van der Waals surface area contributed by atoms with Crippen LogP contribution < -0.4 is 4.90 Å². The van der Waals surface area contributed by atoms with E-state index in [1.54, 1.807) is 4.90 Å². The summed E-state index contributed by atoms with van der Waals surface area (Å²) in [7, 11) is -3.34. The number of carbonyl (C=O) groups is 1. The molecule has 0 radical (unpaired) electrons. The molecule has 1 aromatic rings. The third kappa shape index (κ3) is 4.95. The standard InChI is InChI=1S/C17H27N3O3S/c1-4-8-20(24(3,22)23)14-17(21)19-11-9-18(10-12-19)16-7-5-6-15(2)13-16/h5-7,13H,4,8-12,14H2,1-3H3. The molecule has 1 aliphatic rings. The lowest BCUT2D eigenvalue weighted by Crippen LogP contribution is -2.51. The number of aryl methyl sites for hydroxylation is 1. The number of nitrogens with zero attached hydrogens (tertiary/aromatic N) is 3. The van der Waals surface area contributed by atoms with E-state index in [-0.39, 0.29) is 12.5 Å². The number of sulfonamides is 1. The minimum atomic E-state index is -3.34. The average molecular weight is 353 g/mol. The van der Waals surface area contributed by atoms with Crippen LogP contribution in [0.1, 0.15) is 18.9 Å². The predicted molar refractivity (Wildman–Crippen MR) is 96.7 cm³/mol. The Labute approximate surface area is 145 Å². The molecule has 1 fully saturated rings. The first-order valence-corrected chi connectivity index (χ1v) is 10.2. The van der Waals surface area contributed by atoms with Crippen molar-refractivity contribution in [1.82, 2.24) is 9.21 Å². The van der Waals surface area contributed by atoms with E-state index in [4.69, 9.17) is 0 Å². The number of amides is 1. The number of benzene rings is 1. The molecule has 1 heterocycles. The first kappa shape index (κ1) is 18.7. The molecule has 134 valence electrons. The fraction of sp³-hybridized carbons (Fsp3) is 0.588. The van der Waals surface area contributed by atoms with Crippen molar-refractivity contribution in [3.05, 3.63) is 29.8 Å². The molecule has 0 aromatic heterocycles. The van der Waals surface area contributed by atoms with Gasteiger partial charge in [0.05, 0.1) is 12.8 Å². The Hall–Kier alpha value is -1.60. The molecule has 0 spiro atoms. The van der Waals surface area contributed by atoms with Crippen LogP contribution in [-0.2, 0) is 14.8 Å². The molecule has 0 atom stereocenters. The van der Waals surface area contributed by atoms with E-state index in [0.29, 0.717) is 26.1 Å². The maximum absolute atomic E-state index is 12.4. The van der Waals surface area contributed by atoms with Gasteiger partial charge in [-0.15, -0.1) is 0 Å². The Kier molecular flexibility index (Phi) is 6.23. The topological polar surface area (TPSA) is 60.9 Å². The van der Waals surface area contributed by atoms with E-state index in [1.807, 2.05) is 13.0 Å². The Balaban J connectivity index is 1.92. The Morgan fingerprint density at radius 1 is 1.21 bits per heavy atom. The number of hydrogen-bond acceptors (Lipinski definition) is 4. The number of rotatable bonds is 6. The van der Waals surface area contributed by atoms with Crippen LogP contribution in [0, 0.1) is 6.92 Å². The van der Waals surface area contributed by atoms with Gasteiger partial charge < -0.3 is 9.80 Å². The van der Waals surface area contributed by atoms with Gasteiger partial charge in [0.15, 0.2) is 0 Å². The summed E-state index contributed by atoms with van der Waals surface area (Å²) in [5, 5.41) is 0. The van der Waals surface area contributed by atoms with Gasteiger partial charge in [0.25, 0.3) is 0 Å². The van der Waals surface area contributed by atoms with Crippen molar-refractivity contribution in [2.75, 3.05) is 50.4 Å². The van der Waals surface area contributed by atoms with Crippen molar-refractivity contribution in [3.8, 4) is 0 Å². The number of carbonyl (C=O) groups excluding carboxylic acids is 1. The van der Waals surface area contributed by atoms with E-state index < -0.39 is 10.0 Å². The third-order valence-corrected chi connectivity index (χ3v) is 5.50. The molecule has 1 aromatic carbocycles. The molecule has 6 nitrogen and oxygen atoms in total. The van der Waals surface area contributed by atoms with Gasteiger partial charge in [-0.2, -0.15) is 4.31 Å². The maximum Gasteiger partial charge on any atom is 0.238 e. The SMILES string of the molecule is CCCN(CC(=O)N1CCN(c2cccc(C)c2)CC1)S(C)(=O)=O. The molecule has 1 saturated heterocycles. The smallest absolute Gasteiger partial charge is 0.238 e. The zero-order valence-electron chi connectivity index (χ0n) is 14.7. The van der Waals surface area contributed by atoms with Crippen LogP contribution in [0.2, 0.25) is 0 Å². The highest BCUT2D eigenvalue weighted by atomic mass is 32.2. The lowest BCUT2D eigenvalue weighted by atomic mass is 10.2. The van der Waals surface area contributed by atoms with E-state index >= 15 is 0 Å². The zero-order chi connectivity index (χ0) is 17.7. The monoisotopic (exact) mass is 353 g/mol. The van der Waals surface area contributed by atoms with Crippen LogP contribution in [-0.4, -0.2) is 69.1 Å². The molecule has 1 aliphatic heterocycles. The lowest BCUT2D eigenvalue weighted by molar-refractivity contribution is -0.131. The molecule has 1 amide bonds. The maximum atomic E-state index is 12.4. The summed E-state index contributed by atoms with van der Waals surface area (Å²) >= 11 is 0. The highest BCUT2D eigenvalue weighted by Crippen LogP contribution is 2.18. The first-order valence-electron chi connectivity index (χ1n) is 8.35. The second-order valence-electron chi connectivity index (χ2n) is 6.30. The first-order chi connectivity index (χ1) is 11.3. The van der Waals surface area contributed by atoms with Gasteiger partial charge in [0.1, 0.15) is 0 Å². The van der Waals surface area contributed by atoms with Crippen LogP contribution in [0.15, 0.2) is 24.3 Å². The van der Waals surface area contributed by atoms with Crippen molar-refractivity contribution < 1.29 is 13.2 Å². The zero-order valence-corrected chi connectivity index (χ0v) is 15.6. The van der Waals surface area contributed by atoms with Crippen molar-refractivity contribution in [3.63, 3.8) is 0 Å². The van der Waals surface area contributed by atoms with Crippen LogP contribution >= 0.6 is 0 Å². The average Bonchev–Trinajstić information content (AvgIpc) is 2.53. The van der Waals surface area contributed by atoms with E-state index in [1.165, 1.54) is 15.6 Å². The minimum Gasteiger partial charge on any atom is -0.368 e. The molecule has 0 aliphatic carbocycles. The Morgan fingerprint density at radius 3 is 2.42 bits per heavy atom. The highest BCUT2D eigenvalue weighted by molar-refractivity contribution is 7.88. The van der Waals surface area contributed by atoms with E-state index in [2.05, 4.69) is 30.0 Å². The summed E-state index contributed by atoms with van der Waals surface area (Å²) in [6, 6.07) is 8.33. The Morgan fingerprint density at radius 2 is 1.88 bits per heavy atom. The highest BCUT2D eigenvalue weighted by Gasteiger charge is 2.25. The quantitative estimate of drug-likeness (QED) is 0.774.